The Balaban J connectivity index is 2.52. The van der Waals surface area contributed by atoms with Gasteiger partial charge >= 0.3 is 5.97 Å². The molecule has 0 amide bonds. The van der Waals surface area contributed by atoms with E-state index in [-0.39, 0.29) is 4.88 Å². The zero-order valence-corrected chi connectivity index (χ0v) is 9.08. The number of rotatable bonds is 2. The van der Waals surface area contributed by atoms with Crippen molar-refractivity contribution < 1.29 is 9.90 Å². The van der Waals surface area contributed by atoms with Gasteiger partial charge in [-0.25, -0.2) is 14.8 Å². The van der Waals surface area contributed by atoms with Gasteiger partial charge in [0, 0.05) is 7.05 Å². The second kappa shape index (κ2) is 3.47. The van der Waals surface area contributed by atoms with Gasteiger partial charge in [0.25, 0.3) is 0 Å². The van der Waals surface area contributed by atoms with Crippen LogP contribution in [0.5, 0.6) is 0 Å². The molecule has 0 unspecified atom stereocenters. The second-order valence-corrected chi connectivity index (χ2v) is 4.13. The van der Waals surface area contributed by atoms with Crippen LogP contribution in [0.25, 0.3) is 10.7 Å². The van der Waals surface area contributed by atoms with Crippen LogP contribution >= 0.6 is 11.3 Å². The molecule has 0 bridgehead atoms. The van der Waals surface area contributed by atoms with E-state index in [0.717, 1.165) is 5.69 Å². The molecule has 0 spiro atoms. The predicted octanol–water partition coefficient (Wildman–Crippen LogP) is 1.55. The van der Waals surface area contributed by atoms with Crippen LogP contribution in [0.1, 0.15) is 15.4 Å². The Morgan fingerprint density at radius 2 is 2.33 bits per heavy atom. The Labute approximate surface area is 90.0 Å². The van der Waals surface area contributed by atoms with Gasteiger partial charge in [0.05, 0.1) is 23.9 Å². The van der Waals surface area contributed by atoms with Crippen LogP contribution in [0.3, 0.4) is 0 Å². The summed E-state index contributed by atoms with van der Waals surface area (Å²) in [7, 11) is 1.85. The zero-order valence-electron chi connectivity index (χ0n) is 8.26. The van der Waals surface area contributed by atoms with E-state index in [9.17, 15) is 4.79 Å². The third kappa shape index (κ3) is 1.63. The standard InChI is InChI=1S/C9H9N3O2S/c1-5-7(9(13)14)15-8(11-5)6-3-10-4-12(6)2/h3-4H,1-2H3,(H,13,14). The lowest BCUT2D eigenvalue weighted by Gasteiger charge is -1.94. The summed E-state index contributed by atoms with van der Waals surface area (Å²) >= 11 is 1.17. The van der Waals surface area contributed by atoms with Gasteiger partial charge in [0.1, 0.15) is 9.88 Å². The molecule has 0 saturated carbocycles. The molecule has 2 rings (SSSR count). The highest BCUT2D eigenvalue weighted by Crippen LogP contribution is 2.27. The second-order valence-electron chi connectivity index (χ2n) is 3.13. The molecule has 0 aliphatic rings. The summed E-state index contributed by atoms with van der Waals surface area (Å²) in [6, 6.07) is 0. The van der Waals surface area contributed by atoms with Crippen molar-refractivity contribution >= 4 is 17.3 Å². The Hall–Kier alpha value is -1.69. The highest BCUT2D eigenvalue weighted by Gasteiger charge is 2.16. The number of thiazole rings is 1. The maximum atomic E-state index is 10.8. The molecule has 15 heavy (non-hydrogen) atoms. The zero-order chi connectivity index (χ0) is 11.0. The van der Waals surface area contributed by atoms with Crippen molar-refractivity contribution in [3.63, 3.8) is 0 Å². The molecule has 2 heterocycles. The maximum Gasteiger partial charge on any atom is 0.347 e. The van der Waals surface area contributed by atoms with Crippen LogP contribution < -0.4 is 0 Å². The van der Waals surface area contributed by atoms with E-state index in [1.165, 1.54) is 11.3 Å². The lowest BCUT2D eigenvalue weighted by Crippen LogP contribution is -1.94. The Kier molecular flexibility index (Phi) is 2.28. The summed E-state index contributed by atoms with van der Waals surface area (Å²) in [4.78, 5) is 19.3. The van der Waals surface area contributed by atoms with Crippen molar-refractivity contribution in [3.05, 3.63) is 23.1 Å². The Morgan fingerprint density at radius 1 is 1.60 bits per heavy atom. The fourth-order valence-corrected chi connectivity index (χ4v) is 2.23. The summed E-state index contributed by atoms with van der Waals surface area (Å²) in [5, 5.41) is 9.58. The molecule has 0 aliphatic carbocycles. The first-order valence-electron chi connectivity index (χ1n) is 4.27. The molecule has 1 N–H and O–H groups in total. The molecule has 0 aliphatic heterocycles. The van der Waals surface area contributed by atoms with Crippen molar-refractivity contribution in [1.29, 1.82) is 0 Å². The van der Waals surface area contributed by atoms with Crippen LogP contribution in [0.2, 0.25) is 0 Å². The average molecular weight is 223 g/mol. The van der Waals surface area contributed by atoms with E-state index in [0.29, 0.717) is 10.7 Å². The number of hydrogen-bond acceptors (Lipinski definition) is 4. The van der Waals surface area contributed by atoms with Crippen molar-refractivity contribution in [1.82, 2.24) is 14.5 Å². The SMILES string of the molecule is Cc1nc(-c2cncn2C)sc1C(=O)O. The molecule has 6 heteroatoms. The smallest absolute Gasteiger partial charge is 0.347 e. The highest BCUT2D eigenvalue weighted by atomic mass is 32.1. The number of carbonyl (C=O) groups is 1. The first-order valence-corrected chi connectivity index (χ1v) is 5.08. The first kappa shape index (κ1) is 9.85. The minimum Gasteiger partial charge on any atom is -0.477 e. The third-order valence-electron chi connectivity index (χ3n) is 2.03. The summed E-state index contributed by atoms with van der Waals surface area (Å²) in [6.07, 6.45) is 3.33. The number of aromatic carboxylic acids is 1. The van der Waals surface area contributed by atoms with E-state index < -0.39 is 5.97 Å². The summed E-state index contributed by atoms with van der Waals surface area (Å²) < 4.78 is 1.81. The van der Waals surface area contributed by atoms with Gasteiger partial charge < -0.3 is 9.67 Å². The number of nitrogens with zero attached hydrogens (tertiary/aromatic N) is 3. The fraction of sp³-hybridized carbons (Fsp3) is 0.222. The van der Waals surface area contributed by atoms with E-state index in [4.69, 9.17) is 5.11 Å². The maximum absolute atomic E-state index is 10.8. The van der Waals surface area contributed by atoms with Gasteiger partial charge in [0.15, 0.2) is 0 Å². The van der Waals surface area contributed by atoms with Crippen molar-refractivity contribution in [2.45, 2.75) is 6.92 Å². The van der Waals surface area contributed by atoms with E-state index in [1.54, 1.807) is 19.4 Å². The molecule has 78 valence electrons. The van der Waals surface area contributed by atoms with Gasteiger partial charge in [-0.05, 0) is 6.92 Å². The normalized spacial score (nSPS) is 10.5. The number of carboxylic acid groups (broad SMARTS) is 1. The highest BCUT2D eigenvalue weighted by molar-refractivity contribution is 7.17. The van der Waals surface area contributed by atoms with Gasteiger partial charge in [0.2, 0.25) is 0 Å². The van der Waals surface area contributed by atoms with Crippen molar-refractivity contribution in [2.75, 3.05) is 0 Å². The minimum absolute atomic E-state index is 0.284. The molecular formula is C9H9N3O2S. The molecule has 0 saturated heterocycles. The first-order chi connectivity index (χ1) is 7.09. The average Bonchev–Trinajstić information content (AvgIpc) is 2.71. The van der Waals surface area contributed by atoms with Gasteiger partial charge in [-0.15, -0.1) is 11.3 Å². The molecule has 2 aromatic rings. The molecule has 5 nitrogen and oxygen atoms in total. The van der Waals surface area contributed by atoms with Gasteiger partial charge in [-0.2, -0.15) is 0 Å². The summed E-state index contributed by atoms with van der Waals surface area (Å²) in [5.41, 5.74) is 1.37. The predicted molar refractivity (Wildman–Crippen MR) is 56.0 cm³/mol. The van der Waals surface area contributed by atoms with Gasteiger partial charge in [-0.1, -0.05) is 0 Å². The topological polar surface area (TPSA) is 68.0 Å². The number of aryl methyl sites for hydroxylation is 2. The Morgan fingerprint density at radius 3 is 2.80 bits per heavy atom. The van der Waals surface area contributed by atoms with Crippen LogP contribution in [-0.4, -0.2) is 25.6 Å². The number of carboxylic acids is 1. The van der Waals surface area contributed by atoms with Crippen LogP contribution in [0.4, 0.5) is 0 Å². The van der Waals surface area contributed by atoms with Crippen molar-refractivity contribution in [3.8, 4) is 10.7 Å². The van der Waals surface area contributed by atoms with E-state index in [1.807, 2.05) is 11.6 Å². The monoisotopic (exact) mass is 223 g/mol. The lowest BCUT2D eigenvalue weighted by atomic mass is 10.4. The number of hydrogen-bond donors (Lipinski definition) is 1. The van der Waals surface area contributed by atoms with Crippen LogP contribution in [0.15, 0.2) is 12.5 Å². The molecule has 0 fully saturated rings. The van der Waals surface area contributed by atoms with E-state index >= 15 is 0 Å². The van der Waals surface area contributed by atoms with E-state index in [2.05, 4.69) is 9.97 Å². The molecule has 0 aromatic carbocycles. The third-order valence-corrected chi connectivity index (χ3v) is 3.19. The largest absolute Gasteiger partial charge is 0.477 e. The van der Waals surface area contributed by atoms with Crippen LogP contribution in [0, 0.1) is 6.92 Å². The summed E-state index contributed by atoms with van der Waals surface area (Å²) in [6.45, 7) is 1.69. The molecular weight excluding hydrogens is 214 g/mol. The number of aromatic nitrogens is 3. The molecule has 0 radical (unpaired) electrons. The molecule has 0 atom stereocenters. The van der Waals surface area contributed by atoms with Gasteiger partial charge in [-0.3, -0.25) is 0 Å². The Bertz CT molecular complexity index is 515. The number of imidazole rings is 1. The fourth-order valence-electron chi connectivity index (χ4n) is 1.27. The van der Waals surface area contributed by atoms with Crippen LogP contribution in [-0.2, 0) is 7.05 Å². The minimum atomic E-state index is -0.932. The quantitative estimate of drug-likeness (QED) is 0.838. The summed E-state index contributed by atoms with van der Waals surface area (Å²) in [5.74, 6) is -0.932. The van der Waals surface area contributed by atoms with Crippen molar-refractivity contribution in [2.24, 2.45) is 7.05 Å². The lowest BCUT2D eigenvalue weighted by molar-refractivity contribution is 0.0701. The molecule has 2 aromatic heterocycles.